The minimum absolute atomic E-state index is 0.149. The van der Waals surface area contributed by atoms with Gasteiger partial charge in [0, 0.05) is 23.7 Å². The number of hydrogen-bond acceptors (Lipinski definition) is 8. The molecular formula is C44H64O8. The molecule has 0 radical (unpaired) electrons. The van der Waals surface area contributed by atoms with Crippen LogP contribution in [0.5, 0.6) is 0 Å². The summed E-state index contributed by atoms with van der Waals surface area (Å²) in [5.41, 5.74) is -3.09. The lowest BCUT2D eigenvalue weighted by Gasteiger charge is -2.63. The van der Waals surface area contributed by atoms with E-state index in [4.69, 9.17) is 18.9 Å². The highest BCUT2D eigenvalue weighted by atomic mass is 16.6. The maximum atomic E-state index is 15.0. The summed E-state index contributed by atoms with van der Waals surface area (Å²) in [5, 5.41) is 0. The van der Waals surface area contributed by atoms with E-state index in [0.717, 1.165) is 83.5 Å². The van der Waals surface area contributed by atoms with E-state index in [2.05, 4.69) is 0 Å². The van der Waals surface area contributed by atoms with Crippen LogP contribution in [0.25, 0.3) is 0 Å². The van der Waals surface area contributed by atoms with E-state index in [-0.39, 0.29) is 84.1 Å². The van der Waals surface area contributed by atoms with E-state index in [1.807, 2.05) is 27.7 Å². The van der Waals surface area contributed by atoms with Crippen molar-refractivity contribution in [2.45, 2.75) is 154 Å². The van der Waals surface area contributed by atoms with Gasteiger partial charge in [0.05, 0.1) is 36.9 Å². The quantitative estimate of drug-likeness (QED) is 0.147. The zero-order chi connectivity index (χ0) is 36.2. The summed E-state index contributed by atoms with van der Waals surface area (Å²) >= 11 is 0. The average molecular weight is 721 g/mol. The maximum absolute atomic E-state index is 15.0. The second-order valence-electron chi connectivity index (χ2n) is 21.3. The Bertz CT molecular complexity index is 1290. The highest BCUT2D eigenvalue weighted by Crippen LogP contribution is 2.69. The van der Waals surface area contributed by atoms with Crippen LogP contribution in [-0.4, -0.2) is 48.3 Å². The van der Waals surface area contributed by atoms with Gasteiger partial charge in [-0.25, -0.2) is 0 Å². The van der Waals surface area contributed by atoms with Crippen LogP contribution >= 0.6 is 0 Å². The number of ether oxygens (including phenoxy) is 4. The Balaban J connectivity index is 0.985. The van der Waals surface area contributed by atoms with Crippen molar-refractivity contribution in [3.05, 3.63) is 0 Å². The molecule has 12 fully saturated rings. The summed E-state index contributed by atoms with van der Waals surface area (Å²) in [6.07, 6.45) is 15.6. The lowest BCUT2D eigenvalue weighted by Crippen LogP contribution is -2.65. The van der Waals surface area contributed by atoms with Crippen LogP contribution in [-0.2, 0) is 38.1 Å². The summed E-state index contributed by atoms with van der Waals surface area (Å²) < 4.78 is 25.5. The fraction of sp³-hybridized carbons (Fsp3) is 0.909. The molecule has 0 amide bonds. The smallest absolute Gasteiger partial charge is 0.312 e. The molecule has 0 aliphatic heterocycles. The van der Waals surface area contributed by atoms with Gasteiger partial charge in [0.15, 0.2) is 0 Å². The second kappa shape index (κ2) is 12.7. The fourth-order valence-electron chi connectivity index (χ4n) is 15.3. The van der Waals surface area contributed by atoms with Crippen molar-refractivity contribution in [2.75, 3.05) is 13.2 Å². The predicted molar refractivity (Wildman–Crippen MR) is 192 cm³/mol. The molecule has 12 bridgehead atoms. The van der Waals surface area contributed by atoms with Crippen LogP contribution in [0, 0.1) is 81.8 Å². The Morgan fingerprint density at radius 2 is 0.788 bits per heavy atom. The molecule has 8 nitrogen and oxygen atoms in total. The summed E-state index contributed by atoms with van der Waals surface area (Å²) in [5.74, 6) is 3.66. The molecular weight excluding hydrogens is 656 g/mol. The number of carbonyl (C=O) groups is 4. The molecule has 0 N–H and O–H groups in total. The van der Waals surface area contributed by atoms with Crippen molar-refractivity contribution in [1.82, 2.24) is 0 Å². The summed E-state index contributed by atoms with van der Waals surface area (Å²) in [7, 11) is 0. The van der Waals surface area contributed by atoms with E-state index < -0.39 is 22.0 Å². The van der Waals surface area contributed by atoms with E-state index in [0.29, 0.717) is 43.3 Å². The van der Waals surface area contributed by atoms with Crippen molar-refractivity contribution < 1.29 is 38.1 Å². The van der Waals surface area contributed by atoms with Gasteiger partial charge in [0.25, 0.3) is 0 Å². The molecule has 12 saturated carbocycles. The van der Waals surface area contributed by atoms with E-state index in [1.54, 1.807) is 0 Å². The van der Waals surface area contributed by atoms with Crippen molar-refractivity contribution in [3.63, 3.8) is 0 Å². The van der Waals surface area contributed by atoms with Gasteiger partial charge in [0.1, 0.15) is 11.2 Å². The monoisotopic (exact) mass is 720 g/mol. The summed E-state index contributed by atoms with van der Waals surface area (Å²) in [6, 6.07) is 0. The molecule has 0 atom stereocenters. The third-order valence-corrected chi connectivity index (χ3v) is 16.5. The average Bonchev–Trinajstić information content (AvgIpc) is 3.06. The maximum Gasteiger partial charge on any atom is 0.312 e. The minimum atomic E-state index is -0.809. The molecule has 12 aliphatic carbocycles. The van der Waals surface area contributed by atoms with Gasteiger partial charge >= 0.3 is 23.9 Å². The van der Waals surface area contributed by atoms with Gasteiger partial charge in [0.2, 0.25) is 0 Å². The normalized spacial score (nSPS) is 47.3. The van der Waals surface area contributed by atoms with E-state index >= 15 is 9.59 Å². The van der Waals surface area contributed by atoms with Crippen molar-refractivity contribution in [1.29, 1.82) is 0 Å². The Hall–Kier alpha value is -2.12. The van der Waals surface area contributed by atoms with Crippen LogP contribution in [0.1, 0.15) is 143 Å². The molecule has 0 unspecified atom stereocenters. The van der Waals surface area contributed by atoms with Gasteiger partial charge in [-0.05, 0) is 150 Å². The summed E-state index contributed by atoms with van der Waals surface area (Å²) in [4.78, 5) is 57.1. The molecule has 0 heterocycles. The van der Waals surface area contributed by atoms with Crippen molar-refractivity contribution in [3.8, 4) is 0 Å². The first-order valence-corrected chi connectivity index (χ1v) is 21.5. The molecule has 8 heteroatoms. The van der Waals surface area contributed by atoms with Crippen LogP contribution in [0.4, 0.5) is 0 Å². The van der Waals surface area contributed by atoms with Crippen LogP contribution in [0.15, 0.2) is 0 Å². The van der Waals surface area contributed by atoms with Crippen molar-refractivity contribution in [2.24, 2.45) is 81.8 Å². The van der Waals surface area contributed by atoms with Crippen LogP contribution in [0.2, 0.25) is 0 Å². The van der Waals surface area contributed by atoms with Gasteiger partial charge < -0.3 is 18.9 Å². The molecule has 0 aromatic heterocycles. The Kier molecular flexibility index (Phi) is 8.70. The fourth-order valence-corrected chi connectivity index (χ4v) is 15.3. The van der Waals surface area contributed by atoms with E-state index in [9.17, 15) is 9.59 Å². The SMILES string of the molecule is CC(C)COC(=O)CC1(OC(=O)C23CC4CC(C2)CC(C(=O)OC2(CC(=O)OCC(C)C)C5CC6CC(C5)CC2C6)(C4)C3)C2CC3CC(C2)CC1C3. The standard InChI is InChI=1S/C44H64O8/c1-25(2)22-49-37(45)20-43(33-8-27-5-28(10-33)11-34(43)9-27)51-39(47)41-16-31-7-32(17-41)19-42(18-31,24-41)40(48)52-44(21-38(46)50-23-26(3)4)35-12-29-6-30(14-35)15-36(44)13-29/h25-36H,5-24H2,1-4H3. The zero-order valence-corrected chi connectivity index (χ0v) is 32.3. The van der Waals surface area contributed by atoms with Gasteiger partial charge in [-0.1, -0.05) is 27.7 Å². The van der Waals surface area contributed by atoms with Gasteiger partial charge in [-0.15, -0.1) is 0 Å². The molecule has 288 valence electrons. The lowest BCUT2D eigenvalue weighted by atomic mass is 9.44. The highest BCUT2D eigenvalue weighted by molar-refractivity contribution is 5.84. The molecule has 12 aliphatic rings. The Morgan fingerprint density at radius 1 is 0.481 bits per heavy atom. The third kappa shape index (κ3) is 5.87. The molecule has 52 heavy (non-hydrogen) atoms. The zero-order valence-electron chi connectivity index (χ0n) is 32.3. The topological polar surface area (TPSA) is 105 Å². The van der Waals surface area contributed by atoms with Gasteiger partial charge in [-0.2, -0.15) is 0 Å². The number of carbonyl (C=O) groups excluding carboxylic acids is 4. The Morgan fingerprint density at radius 3 is 1.10 bits per heavy atom. The number of hydrogen-bond donors (Lipinski definition) is 0. The lowest BCUT2D eigenvalue weighted by molar-refractivity contribution is -0.244. The largest absolute Gasteiger partial charge is 0.465 e. The van der Waals surface area contributed by atoms with Gasteiger partial charge in [-0.3, -0.25) is 19.2 Å². The molecule has 0 saturated heterocycles. The molecule has 0 aromatic rings. The van der Waals surface area contributed by atoms with Crippen LogP contribution < -0.4 is 0 Å². The van der Waals surface area contributed by atoms with Crippen LogP contribution in [0.3, 0.4) is 0 Å². The number of rotatable bonds is 12. The van der Waals surface area contributed by atoms with E-state index in [1.165, 1.54) is 12.8 Å². The minimum Gasteiger partial charge on any atom is -0.465 e. The first-order chi connectivity index (χ1) is 24.8. The third-order valence-electron chi connectivity index (χ3n) is 16.5. The second-order valence-corrected chi connectivity index (χ2v) is 21.3. The predicted octanol–water partition coefficient (Wildman–Crippen LogP) is 8.23. The molecule has 0 aromatic carbocycles. The van der Waals surface area contributed by atoms with Crippen molar-refractivity contribution >= 4 is 23.9 Å². The highest BCUT2D eigenvalue weighted by Gasteiger charge is 2.69. The Labute approximate surface area is 310 Å². The first-order valence-electron chi connectivity index (χ1n) is 21.5. The number of esters is 4. The molecule has 12 rings (SSSR count). The molecule has 0 spiro atoms. The first kappa shape index (κ1) is 35.6. The summed E-state index contributed by atoms with van der Waals surface area (Å²) in [6.45, 7) is 8.93.